The SMILES string of the molecule is CC1(C)c2ccccc2-c2c1cc1ccccc1c2-c1ccc(C2N=C(c3ccc4ccccc4c3)C=C(c3ccccc3)N2)cc1. The van der Waals surface area contributed by atoms with Gasteiger partial charge in [-0.1, -0.05) is 153 Å². The summed E-state index contributed by atoms with van der Waals surface area (Å²) in [5, 5.41) is 8.77. The average molecular weight is 603 g/mol. The highest BCUT2D eigenvalue weighted by atomic mass is 15.1. The van der Waals surface area contributed by atoms with Crippen LogP contribution in [0.4, 0.5) is 0 Å². The van der Waals surface area contributed by atoms with Crippen LogP contribution in [0.5, 0.6) is 0 Å². The van der Waals surface area contributed by atoms with Gasteiger partial charge in [0.2, 0.25) is 0 Å². The van der Waals surface area contributed by atoms with E-state index in [9.17, 15) is 0 Å². The van der Waals surface area contributed by atoms with Crippen LogP contribution in [0, 0.1) is 0 Å². The first kappa shape index (κ1) is 27.6. The number of benzene rings is 7. The Balaban J connectivity index is 1.17. The standard InChI is InChI=1S/C45H34N2/c1-45(2)38-19-11-10-18-37(38)43-39(45)27-34-16-8-9-17-36(34)42(43)31-21-23-32(24-22-31)44-46-40(30-13-4-3-5-14-30)28-41(47-44)35-25-20-29-12-6-7-15-33(29)26-35/h3-28,44,46H,1-2H3. The number of hydrogen-bond acceptors (Lipinski definition) is 2. The summed E-state index contributed by atoms with van der Waals surface area (Å²) in [4.78, 5) is 5.29. The van der Waals surface area contributed by atoms with Gasteiger partial charge in [-0.2, -0.15) is 0 Å². The maximum absolute atomic E-state index is 5.29. The molecule has 224 valence electrons. The molecule has 1 heterocycles. The third-order valence-electron chi connectivity index (χ3n) is 10.1. The summed E-state index contributed by atoms with van der Waals surface area (Å²) in [7, 11) is 0. The van der Waals surface area contributed by atoms with Crippen LogP contribution < -0.4 is 5.32 Å². The minimum atomic E-state index is -0.219. The van der Waals surface area contributed by atoms with Crippen LogP contribution in [0.1, 0.15) is 47.8 Å². The van der Waals surface area contributed by atoms with E-state index in [2.05, 4.69) is 177 Å². The molecule has 1 aliphatic heterocycles. The average Bonchev–Trinajstić information content (AvgIpc) is 3.36. The second-order valence-corrected chi connectivity index (χ2v) is 13.2. The molecule has 1 atom stereocenters. The summed E-state index contributed by atoms with van der Waals surface area (Å²) >= 11 is 0. The number of nitrogens with one attached hydrogen (secondary N) is 1. The summed E-state index contributed by atoms with van der Waals surface area (Å²) < 4.78 is 0. The molecule has 7 aromatic rings. The highest BCUT2D eigenvalue weighted by Gasteiger charge is 2.37. The number of allylic oxidation sites excluding steroid dienone is 1. The molecule has 2 nitrogen and oxygen atoms in total. The van der Waals surface area contributed by atoms with Gasteiger partial charge in [-0.15, -0.1) is 0 Å². The highest BCUT2D eigenvalue weighted by Crippen LogP contribution is 2.54. The van der Waals surface area contributed by atoms with E-state index in [1.807, 2.05) is 0 Å². The van der Waals surface area contributed by atoms with Gasteiger partial charge >= 0.3 is 0 Å². The fourth-order valence-electron chi connectivity index (χ4n) is 7.63. The van der Waals surface area contributed by atoms with Gasteiger partial charge < -0.3 is 5.32 Å². The third-order valence-corrected chi connectivity index (χ3v) is 10.1. The lowest BCUT2D eigenvalue weighted by Crippen LogP contribution is -2.24. The molecule has 0 fully saturated rings. The lowest BCUT2D eigenvalue weighted by Gasteiger charge is -2.25. The third kappa shape index (κ3) is 4.52. The summed E-state index contributed by atoms with van der Waals surface area (Å²) in [5.41, 5.74) is 13.4. The molecule has 0 aromatic heterocycles. The van der Waals surface area contributed by atoms with Gasteiger partial charge in [0.1, 0.15) is 6.17 Å². The zero-order valence-corrected chi connectivity index (χ0v) is 26.5. The molecule has 0 amide bonds. The van der Waals surface area contributed by atoms with E-state index in [0.29, 0.717) is 0 Å². The Labute approximate surface area is 275 Å². The van der Waals surface area contributed by atoms with Crippen molar-refractivity contribution in [2.75, 3.05) is 0 Å². The first-order valence-electron chi connectivity index (χ1n) is 16.4. The maximum atomic E-state index is 5.29. The molecule has 0 bridgehead atoms. The molecule has 1 aliphatic carbocycles. The Morgan fingerprint density at radius 1 is 0.532 bits per heavy atom. The molecule has 1 unspecified atom stereocenters. The second-order valence-electron chi connectivity index (χ2n) is 13.2. The number of aliphatic imine (C=N–C) groups is 1. The van der Waals surface area contributed by atoms with Crippen molar-refractivity contribution in [1.29, 1.82) is 0 Å². The van der Waals surface area contributed by atoms with Crippen molar-refractivity contribution in [3.8, 4) is 22.3 Å². The van der Waals surface area contributed by atoms with Crippen LogP contribution in [-0.2, 0) is 5.41 Å². The number of hydrogen-bond donors (Lipinski definition) is 1. The maximum Gasteiger partial charge on any atom is 0.145 e. The molecule has 2 heteroatoms. The van der Waals surface area contributed by atoms with E-state index in [1.165, 1.54) is 54.9 Å². The summed E-state index contributed by atoms with van der Waals surface area (Å²) in [6.45, 7) is 4.72. The van der Waals surface area contributed by atoms with Crippen molar-refractivity contribution < 1.29 is 0 Å². The molecular weight excluding hydrogens is 569 g/mol. The van der Waals surface area contributed by atoms with Crippen LogP contribution in [0.25, 0.3) is 49.5 Å². The van der Waals surface area contributed by atoms with E-state index >= 15 is 0 Å². The minimum absolute atomic E-state index is 0.0648. The highest BCUT2D eigenvalue weighted by molar-refractivity contribution is 6.14. The van der Waals surface area contributed by atoms with Gasteiger partial charge in [-0.25, -0.2) is 0 Å². The first-order chi connectivity index (χ1) is 23.0. The van der Waals surface area contributed by atoms with Gasteiger partial charge in [0.25, 0.3) is 0 Å². The van der Waals surface area contributed by atoms with Gasteiger partial charge in [-0.05, 0) is 84.3 Å². The van der Waals surface area contributed by atoms with E-state index in [1.54, 1.807) is 0 Å². The topological polar surface area (TPSA) is 24.4 Å². The van der Waals surface area contributed by atoms with E-state index in [4.69, 9.17) is 4.99 Å². The zero-order chi connectivity index (χ0) is 31.5. The lowest BCUT2D eigenvalue weighted by atomic mass is 9.80. The predicted octanol–water partition coefficient (Wildman–Crippen LogP) is 11.1. The molecule has 1 N–H and O–H groups in total. The Kier molecular flexibility index (Phi) is 6.26. The fraction of sp³-hybridized carbons (Fsp3) is 0.0889. The van der Waals surface area contributed by atoms with Gasteiger partial charge in [0.05, 0.1) is 5.71 Å². The van der Waals surface area contributed by atoms with Crippen molar-refractivity contribution >= 4 is 33.0 Å². The molecule has 9 rings (SSSR count). The molecule has 0 saturated heterocycles. The number of fused-ring (bicyclic) bond motifs is 5. The predicted molar refractivity (Wildman–Crippen MR) is 198 cm³/mol. The molecule has 2 aliphatic rings. The summed E-state index contributed by atoms with van der Waals surface area (Å²) in [6, 6.07) is 54.9. The minimum Gasteiger partial charge on any atom is -0.360 e. The Morgan fingerprint density at radius 3 is 2.04 bits per heavy atom. The van der Waals surface area contributed by atoms with E-state index in [-0.39, 0.29) is 11.6 Å². The van der Waals surface area contributed by atoms with Crippen molar-refractivity contribution in [3.63, 3.8) is 0 Å². The van der Waals surface area contributed by atoms with Crippen LogP contribution in [0.15, 0.2) is 163 Å². The van der Waals surface area contributed by atoms with Gasteiger partial charge in [-0.3, -0.25) is 4.99 Å². The lowest BCUT2D eigenvalue weighted by molar-refractivity contribution is 0.661. The molecule has 0 saturated carbocycles. The van der Waals surface area contributed by atoms with Crippen molar-refractivity contribution in [1.82, 2.24) is 5.32 Å². The Morgan fingerprint density at radius 2 is 1.21 bits per heavy atom. The summed E-state index contributed by atoms with van der Waals surface area (Å²) in [6.07, 6.45) is 1.96. The normalized spacial score (nSPS) is 16.3. The van der Waals surface area contributed by atoms with Crippen LogP contribution in [0.3, 0.4) is 0 Å². The molecule has 0 radical (unpaired) electrons. The second kappa shape index (κ2) is 10.7. The van der Waals surface area contributed by atoms with Crippen LogP contribution >= 0.6 is 0 Å². The monoisotopic (exact) mass is 602 g/mol. The van der Waals surface area contributed by atoms with Crippen molar-refractivity contribution in [2.24, 2.45) is 4.99 Å². The quantitative estimate of drug-likeness (QED) is 0.213. The number of rotatable bonds is 4. The zero-order valence-electron chi connectivity index (χ0n) is 26.5. The van der Waals surface area contributed by atoms with Crippen molar-refractivity contribution in [3.05, 3.63) is 186 Å². The first-order valence-corrected chi connectivity index (χ1v) is 16.4. The fourth-order valence-corrected chi connectivity index (χ4v) is 7.63. The van der Waals surface area contributed by atoms with E-state index < -0.39 is 0 Å². The van der Waals surface area contributed by atoms with E-state index in [0.717, 1.165) is 28.1 Å². The molecule has 7 aromatic carbocycles. The molecule has 0 spiro atoms. The van der Waals surface area contributed by atoms with Crippen molar-refractivity contribution in [2.45, 2.75) is 25.4 Å². The smallest absolute Gasteiger partial charge is 0.145 e. The van der Waals surface area contributed by atoms with Crippen LogP contribution in [0.2, 0.25) is 0 Å². The van der Waals surface area contributed by atoms with Gasteiger partial charge in [0.15, 0.2) is 0 Å². The Hall–Kier alpha value is -5.73. The summed E-state index contributed by atoms with van der Waals surface area (Å²) in [5.74, 6) is 0. The molecular formula is C45H34N2. The van der Waals surface area contributed by atoms with Gasteiger partial charge in [0, 0.05) is 16.7 Å². The number of nitrogens with zero attached hydrogens (tertiary/aromatic N) is 1. The molecule has 47 heavy (non-hydrogen) atoms. The van der Waals surface area contributed by atoms with Crippen LogP contribution in [-0.4, -0.2) is 5.71 Å². The Bertz CT molecular complexity index is 2390. The largest absolute Gasteiger partial charge is 0.360 e.